The number of benzene rings is 2. The number of ether oxygens (including phenoxy) is 1. The molecule has 9 heteroatoms. The van der Waals surface area contributed by atoms with Gasteiger partial charge in [-0.2, -0.15) is 0 Å². The Labute approximate surface area is 227 Å². The molecule has 0 bridgehead atoms. The van der Waals surface area contributed by atoms with Gasteiger partial charge in [0.05, 0.1) is 17.1 Å². The van der Waals surface area contributed by atoms with Gasteiger partial charge in [-0.05, 0) is 74.9 Å². The Morgan fingerprint density at radius 3 is 2.54 bits per heavy atom. The second-order valence-corrected chi connectivity index (χ2v) is 10.9. The Kier molecular flexibility index (Phi) is 6.71. The lowest BCUT2D eigenvalue weighted by Gasteiger charge is -2.36. The first-order chi connectivity index (χ1) is 18.8. The zero-order chi connectivity index (χ0) is 27.3. The minimum atomic E-state index is -0.758. The van der Waals surface area contributed by atoms with E-state index in [0.29, 0.717) is 40.8 Å². The molecular formula is C30H33F2N5O2. The predicted molar refractivity (Wildman–Crippen MR) is 146 cm³/mol. The fraction of sp³-hybridized carbons (Fsp3) is 0.433. The Bertz CT molecular complexity index is 1420. The third-order valence-electron chi connectivity index (χ3n) is 7.67. The first-order valence-corrected chi connectivity index (χ1v) is 13.7. The van der Waals surface area contributed by atoms with Crippen LogP contribution in [0.25, 0.3) is 11.3 Å². The largest absolute Gasteiger partial charge is 0.476 e. The molecule has 1 saturated carbocycles. The van der Waals surface area contributed by atoms with Crippen molar-refractivity contribution in [2.75, 3.05) is 36.0 Å². The molecule has 0 spiro atoms. The van der Waals surface area contributed by atoms with Gasteiger partial charge in [0.25, 0.3) is 5.91 Å². The van der Waals surface area contributed by atoms with E-state index in [9.17, 15) is 4.79 Å². The van der Waals surface area contributed by atoms with Crippen molar-refractivity contribution >= 4 is 17.3 Å². The van der Waals surface area contributed by atoms with Crippen molar-refractivity contribution in [1.82, 2.24) is 15.3 Å². The highest BCUT2D eigenvalue weighted by atomic mass is 19.1. The second-order valence-electron chi connectivity index (χ2n) is 10.9. The highest BCUT2D eigenvalue weighted by Gasteiger charge is 2.36. The van der Waals surface area contributed by atoms with E-state index in [1.807, 2.05) is 32.2 Å². The Balaban J connectivity index is 1.35. The SMILES string of the molecule is CC1Oc2c(F)cc(-c3nc(Cc4ccc(N5CCNCC5)c(F)c4)ncc3C3CC3)cc2N(C(C)C)C1=O. The molecule has 1 unspecified atom stereocenters. The molecule has 1 amide bonds. The van der Waals surface area contributed by atoms with Gasteiger partial charge in [-0.1, -0.05) is 6.07 Å². The highest BCUT2D eigenvalue weighted by Crippen LogP contribution is 2.46. The van der Waals surface area contributed by atoms with Gasteiger partial charge in [0.15, 0.2) is 17.7 Å². The summed E-state index contributed by atoms with van der Waals surface area (Å²) in [5, 5.41) is 3.29. The molecule has 1 atom stereocenters. The number of hydrogen-bond acceptors (Lipinski definition) is 6. The summed E-state index contributed by atoms with van der Waals surface area (Å²) in [6.07, 6.45) is 3.47. The number of hydrogen-bond donors (Lipinski definition) is 1. The molecule has 2 aromatic carbocycles. The monoisotopic (exact) mass is 533 g/mol. The molecule has 2 aliphatic heterocycles. The van der Waals surface area contributed by atoms with Gasteiger partial charge in [-0.3, -0.25) is 4.79 Å². The van der Waals surface area contributed by atoms with Crippen molar-refractivity contribution in [3.8, 4) is 17.0 Å². The van der Waals surface area contributed by atoms with E-state index in [2.05, 4.69) is 15.2 Å². The van der Waals surface area contributed by atoms with Gasteiger partial charge in [0.1, 0.15) is 11.6 Å². The normalized spacial score (nSPS) is 19.3. The van der Waals surface area contributed by atoms with Crippen molar-refractivity contribution in [3.05, 3.63) is 65.1 Å². The van der Waals surface area contributed by atoms with E-state index < -0.39 is 11.9 Å². The molecule has 1 saturated heterocycles. The van der Waals surface area contributed by atoms with Gasteiger partial charge in [-0.25, -0.2) is 18.7 Å². The summed E-state index contributed by atoms with van der Waals surface area (Å²) in [5.41, 5.74) is 3.98. The molecule has 0 radical (unpaired) electrons. The van der Waals surface area contributed by atoms with Crippen LogP contribution in [-0.4, -0.2) is 54.2 Å². The number of carbonyl (C=O) groups excluding carboxylic acids is 1. The van der Waals surface area contributed by atoms with Crippen LogP contribution < -0.4 is 19.9 Å². The van der Waals surface area contributed by atoms with Crippen LogP contribution in [0, 0.1) is 11.6 Å². The summed E-state index contributed by atoms with van der Waals surface area (Å²) in [6.45, 7) is 8.64. The van der Waals surface area contributed by atoms with Gasteiger partial charge in [0, 0.05) is 50.4 Å². The average molecular weight is 534 g/mol. The topological polar surface area (TPSA) is 70.6 Å². The number of fused-ring (bicyclic) bond motifs is 1. The number of aromatic nitrogens is 2. The molecule has 39 heavy (non-hydrogen) atoms. The van der Waals surface area contributed by atoms with Crippen LogP contribution in [0.3, 0.4) is 0 Å². The van der Waals surface area contributed by atoms with Crippen molar-refractivity contribution in [3.63, 3.8) is 0 Å². The fourth-order valence-electron chi connectivity index (χ4n) is 5.53. The minimum Gasteiger partial charge on any atom is -0.476 e. The van der Waals surface area contributed by atoms with Crippen molar-refractivity contribution in [2.24, 2.45) is 0 Å². The van der Waals surface area contributed by atoms with Gasteiger partial charge >= 0.3 is 0 Å². The van der Waals surface area contributed by atoms with Crippen LogP contribution in [0.5, 0.6) is 5.75 Å². The van der Waals surface area contributed by atoms with E-state index in [1.54, 1.807) is 24.0 Å². The first-order valence-electron chi connectivity index (χ1n) is 13.7. The Morgan fingerprint density at radius 1 is 1.08 bits per heavy atom. The maximum absolute atomic E-state index is 15.4. The van der Waals surface area contributed by atoms with E-state index in [1.165, 1.54) is 6.07 Å². The summed E-state index contributed by atoms with van der Waals surface area (Å²) >= 11 is 0. The van der Waals surface area contributed by atoms with Crippen LogP contribution in [-0.2, 0) is 11.2 Å². The van der Waals surface area contributed by atoms with Crippen molar-refractivity contribution in [2.45, 2.75) is 58.1 Å². The average Bonchev–Trinajstić information content (AvgIpc) is 3.76. The molecule has 3 aromatic rings. The van der Waals surface area contributed by atoms with Gasteiger partial charge in [-0.15, -0.1) is 0 Å². The molecule has 1 aliphatic carbocycles. The van der Waals surface area contributed by atoms with E-state index in [0.717, 1.165) is 50.1 Å². The molecule has 3 aliphatic rings. The fourth-order valence-corrected chi connectivity index (χ4v) is 5.53. The number of halogens is 2. The van der Waals surface area contributed by atoms with Crippen LogP contribution in [0.15, 0.2) is 36.5 Å². The molecular weight excluding hydrogens is 500 g/mol. The predicted octanol–water partition coefficient (Wildman–Crippen LogP) is 4.82. The van der Waals surface area contributed by atoms with E-state index in [-0.39, 0.29) is 23.5 Å². The Hall–Kier alpha value is -3.59. The number of anilines is 2. The first kappa shape index (κ1) is 25.7. The molecule has 204 valence electrons. The number of nitrogens with zero attached hydrogens (tertiary/aromatic N) is 4. The maximum atomic E-state index is 15.4. The molecule has 1 N–H and O–H groups in total. The van der Waals surface area contributed by atoms with Crippen LogP contribution in [0.4, 0.5) is 20.2 Å². The summed E-state index contributed by atoms with van der Waals surface area (Å²) < 4.78 is 36.1. The summed E-state index contributed by atoms with van der Waals surface area (Å²) in [6, 6.07) is 8.36. The summed E-state index contributed by atoms with van der Waals surface area (Å²) in [4.78, 5) is 26.0. The molecule has 6 rings (SSSR count). The third kappa shape index (κ3) is 4.95. The summed E-state index contributed by atoms with van der Waals surface area (Å²) in [7, 11) is 0. The molecule has 3 heterocycles. The van der Waals surface area contributed by atoms with Crippen LogP contribution in [0.2, 0.25) is 0 Å². The highest BCUT2D eigenvalue weighted by molar-refractivity contribution is 6.01. The zero-order valence-corrected chi connectivity index (χ0v) is 22.5. The molecule has 1 aromatic heterocycles. The smallest absolute Gasteiger partial charge is 0.268 e. The molecule has 2 fully saturated rings. The van der Waals surface area contributed by atoms with Crippen molar-refractivity contribution in [1.29, 1.82) is 0 Å². The number of piperazine rings is 1. The number of nitrogens with one attached hydrogen (secondary N) is 1. The van der Waals surface area contributed by atoms with Gasteiger partial charge < -0.3 is 19.9 Å². The lowest BCUT2D eigenvalue weighted by molar-refractivity contribution is -0.126. The van der Waals surface area contributed by atoms with Crippen LogP contribution >= 0.6 is 0 Å². The standard InChI is InChI=1S/C30H33F2N5O2/c1-17(2)37-26-15-21(14-24(32)29(26)39-18(3)30(37)38)28-22(20-5-6-20)16-34-27(35-28)13-19-4-7-25(23(31)12-19)36-10-8-33-9-11-36/h4,7,12,14-18,20,33H,5-6,8-11,13H2,1-3H3. The minimum absolute atomic E-state index is 0.0850. The lowest BCUT2D eigenvalue weighted by Crippen LogP contribution is -2.48. The van der Waals surface area contributed by atoms with Crippen LogP contribution in [0.1, 0.15) is 56.5 Å². The quantitative estimate of drug-likeness (QED) is 0.490. The third-order valence-corrected chi connectivity index (χ3v) is 7.67. The summed E-state index contributed by atoms with van der Waals surface area (Å²) in [5.74, 6) is -0.0480. The molecule has 7 nitrogen and oxygen atoms in total. The Morgan fingerprint density at radius 2 is 1.85 bits per heavy atom. The zero-order valence-electron chi connectivity index (χ0n) is 22.5. The van der Waals surface area contributed by atoms with Crippen molar-refractivity contribution < 1.29 is 18.3 Å². The lowest BCUT2D eigenvalue weighted by atomic mass is 10.0. The number of carbonyl (C=O) groups is 1. The second kappa shape index (κ2) is 10.2. The van der Waals surface area contributed by atoms with E-state index >= 15 is 8.78 Å². The van der Waals surface area contributed by atoms with Gasteiger partial charge in [0.2, 0.25) is 0 Å². The number of rotatable bonds is 6. The number of amides is 1. The maximum Gasteiger partial charge on any atom is 0.268 e. The van der Waals surface area contributed by atoms with E-state index in [4.69, 9.17) is 9.72 Å².